The van der Waals surface area contributed by atoms with Crippen molar-refractivity contribution in [1.29, 1.82) is 0 Å². The summed E-state index contributed by atoms with van der Waals surface area (Å²) in [6.07, 6.45) is 1.05. The maximum Gasteiger partial charge on any atom is 1.00 e. The fraction of sp³-hybridized carbons (Fsp3) is 0.750. The minimum Gasteiger partial charge on any atom is -0.724 e. The van der Waals surface area contributed by atoms with Crippen LogP contribution in [0.1, 0.15) is 24.7 Å². The first-order valence-electron chi connectivity index (χ1n) is 5.84. The number of carbonyl (C=O) groups is 1. The smallest absolute Gasteiger partial charge is 0.724 e. The topological polar surface area (TPSA) is 134 Å². The van der Waals surface area contributed by atoms with E-state index in [1.807, 2.05) is 0 Å². The molecule has 3 heterocycles. The second-order valence-electron chi connectivity index (χ2n) is 4.65. The predicted molar refractivity (Wildman–Crippen MR) is 59.3 cm³/mol. The third kappa shape index (κ3) is 3.05. The van der Waals surface area contributed by atoms with Gasteiger partial charge in [-0.1, -0.05) is 0 Å². The molecule has 1 aromatic rings. The molecule has 0 unspecified atom stereocenters. The van der Waals surface area contributed by atoms with E-state index in [0.717, 1.165) is 0 Å². The fourth-order valence-corrected chi connectivity index (χ4v) is 3.00. The summed E-state index contributed by atoms with van der Waals surface area (Å²) in [5, 5.41) is 11.7. The summed E-state index contributed by atoms with van der Waals surface area (Å²) < 4.78 is 37.6. The maximum atomic E-state index is 12.1. The van der Waals surface area contributed by atoms with Gasteiger partial charge in [0.25, 0.3) is 0 Å². The zero-order valence-corrected chi connectivity index (χ0v) is 14.2. The second-order valence-corrected chi connectivity index (χ2v) is 5.62. The Kier molecular flexibility index (Phi) is 4.56. The third-order valence-corrected chi connectivity index (χ3v) is 3.79. The summed E-state index contributed by atoms with van der Waals surface area (Å²) in [5.41, 5.74) is 0. The summed E-state index contributed by atoms with van der Waals surface area (Å²) >= 11 is 0. The van der Waals surface area contributed by atoms with E-state index in [2.05, 4.69) is 19.8 Å². The fourth-order valence-electron chi connectivity index (χ4n) is 2.62. The Morgan fingerprint density at radius 3 is 2.67 bits per heavy atom. The van der Waals surface area contributed by atoms with Crippen LogP contribution in [0.5, 0.6) is 0 Å². The molecule has 0 spiro atoms. The number of aromatic nitrogens is 4. The van der Waals surface area contributed by atoms with E-state index in [1.54, 1.807) is 7.05 Å². The molecule has 0 N–H and O–H groups in total. The number of aryl methyl sites for hydroxylation is 1. The number of nitrogens with zero attached hydrogens (tertiary/aromatic N) is 6. The van der Waals surface area contributed by atoms with E-state index >= 15 is 0 Å². The van der Waals surface area contributed by atoms with Gasteiger partial charge in [0.1, 0.15) is 0 Å². The van der Waals surface area contributed by atoms with Crippen molar-refractivity contribution in [3.05, 3.63) is 5.82 Å². The number of carbonyl (C=O) groups excluding carboxylic acids is 1. The molecule has 21 heavy (non-hydrogen) atoms. The van der Waals surface area contributed by atoms with E-state index < -0.39 is 22.5 Å². The van der Waals surface area contributed by atoms with Crippen LogP contribution in [0.15, 0.2) is 0 Å². The van der Waals surface area contributed by atoms with Gasteiger partial charge < -0.3 is 9.45 Å². The number of hydrogen-bond acceptors (Lipinski definition) is 8. The number of hydroxylamine groups is 2. The first-order chi connectivity index (χ1) is 9.37. The third-order valence-electron chi connectivity index (χ3n) is 3.45. The quantitative estimate of drug-likeness (QED) is 0.308. The largest absolute Gasteiger partial charge is 1.00 e. The van der Waals surface area contributed by atoms with Crippen molar-refractivity contribution in [3.63, 3.8) is 0 Å². The summed E-state index contributed by atoms with van der Waals surface area (Å²) in [6.45, 7) is 0.270. The molecule has 2 aliphatic rings. The average Bonchev–Trinajstić information content (AvgIpc) is 2.87. The normalized spacial score (nSPS) is 25.1. The molecule has 1 aromatic heterocycles. The van der Waals surface area contributed by atoms with Crippen LogP contribution in [0.25, 0.3) is 0 Å². The number of amides is 2. The summed E-state index contributed by atoms with van der Waals surface area (Å²) in [5.74, 6) is 0.503. The number of fused-ring (bicyclic) bond motifs is 2. The van der Waals surface area contributed by atoms with Crippen LogP contribution in [0, 0.1) is 0 Å². The Hall–Kier alpha value is -0.790. The first kappa shape index (κ1) is 16.6. The Bertz CT molecular complexity index is 649. The number of rotatable bonds is 3. The van der Waals surface area contributed by atoms with Gasteiger partial charge in [-0.25, -0.2) is 17.9 Å². The minimum absolute atomic E-state index is 0. The predicted octanol–water partition coefficient (Wildman–Crippen LogP) is -4.45. The van der Waals surface area contributed by atoms with Gasteiger partial charge in [-0.05, 0) is 23.3 Å². The maximum absolute atomic E-state index is 12.1. The van der Waals surface area contributed by atoms with Crippen LogP contribution >= 0.6 is 0 Å². The van der Waals surface area contributed by atoms with Gasteiger partial charge in [0.2, 0.25) is 10.4 Å². The Morgan fingerprint density at radius 1 is 1.38 bits per heavy atom. The number of tetrazole rings is 1. The molecule has 11 nitrogen and oxygen atoms in total. The minimum atomic E-state index is -4.98. The van der Waals surface area contributed by atoms with Gasteiger partial charge in [0.15, 0.2) is 5.82 Å². The van der Waals surface area contributed by atoms with Crippen LogP contribution in [0.4, 0.5) is 4.79 Å². The molecule has 2 saturated heterocycles. The number of urea groups is 1. The van der Waals surface area contributed by atoms with Gasteiger partial charge in [-0.3, -0.25) is 0 Å². The Morgan fingerprint density at radius 2 is 2.10 bits per heavy atom. The molecule has 0 aliphatic carbocycles. The molecule has 2 bridgehead atoms. The van der Waals surface area contributed by atoms with Crippen molar-refractivity contribution < 1.29 is 51.6 Å². The van der Waals surface area contributed by atoms with E-state index in [4.69, 9.17) is 0 Å². The van der Waals surface area contributed by atoms with Crippen molar-refractivity contribution in [1.82, 2.24) is 30.2 Å². The van der Waals surface area contributed by atoms with Crippen molar-refractivity contribution in [2.45, 2.75) is 24.9 Å². The van der Waals surface area contributed by atoms with Crippen LogP contribution in [0.2, 0.25) is 0 Å². The zero-order valence-electron chi connectivity index (χ0n) is 11.4. The van der Waals surface area contributed by atoms with Crippen molar-refractivity contribution in [2.24, 2.45) is 7.05 Å². The SMILES string of the molecule is Cn1nnnc1[C@H]1CC[C@@H]2CN1C(=O)N2OS(=O)(=O)[O-].[Na+]. The first-order valence-corrected chi connectivity index (χ1v) is 7.17. The van der Waals surface area contributed by atoms with Crippen LogP contribution in [-0.2, 0) is 21.7 Å². The standard InChI is InChI=1S/C8H12N6O5S.Na/c1-12-7(9-10-11-12)6-3-2-5-4-13(6)8(15)14(5)19-20(16,17)18;/h5-6H,2-4H2,1H3,(H,16,17,18);/q;+1/p-1/t5-,6-;/m1./s1. The average molecular weight is 326 g/mol. The van der Waals surface area contributed by atoms with Crippen LogP contribution in [0.3, 0.4) is 0 Å². The van der Waals surface area contributed by atoms with Gasteiger partial charge in [0, 0.05) is 13.6 Å². The van der Waals surface area contributed by atoms with Crippen LogP contribution in [-0.4, -0.2) is 61.8 Å². The van der Waals surface area contributed by atoms with Crippen LogP contribution < -0.4 is 29.6 Å². The molecule has 2 amide bonds. The molecule has 110 valence electrons. The molecular formula is C8H11N6NaO5S. The van der Waals surface area contributed by atoms with Gasteiger partial charge in [-0.2, -0.15) is 9.35 Å². The Balaban J connectivity index is 0.00000161. The Labute approximate surface area is 142 Å². The van der Waals surface area contributed by atoms with E-state index in [1.165, 1.54) is 9.58 Å². The van der Waals surface area contributed by atoms with E-state index in [0.29, 0.717) is 23.7 Å². The van der Waals surface area contributed by atoms with Gasteiger partial charge in [-0.15, -0.1) is 5.10 Å². The van der Waals surface area contributed by atoms with Gasteiger partial charge in [0.05, 0.1) is 12.1 Å². The molecular weight excluding hydrogens is 315 g/mol. The molecule has 2 fully saturated rings. The molecule has 13 heteroatoms. The van der Waals surface area contributed by atoms with Crippen molar-refractivity contribution in [3.8, 4) is 0 Å². The summed E-state index contributed by atoms with van der Waals surface area (Å²) in [6, 6.07) is -1.48. The molecule has 3 rings (SSSR count). The molecule has 0 saturated carbocycles. The zero-order chi connectivity index (χ0) is 14.5. The molecule has 2 aliphatic heterocycles. The molecule has 0 radical (unpaired) electrons. The second kappa shape index (κ2) is 5.78. The number of hydrogen-bond donors (Lipinski definition) is 0. The monoisotopic (exact) mass is 326 g/mol. The number of piperidine rings is 1. The van der Waals surface area contributed by atoms with Crippen molar-refractivity contribution in [2.75, 3.05) is 6.54 Å². The van der Waals surface area contributed by atoms with E-state index in [9.17, 15) is 17.8 Å². The van der Waals surface area contributed by atoms with E-state index in [-0.39, 0.29) is 42.1 Å². The summed E-state index contributed by atoms with van der Waals surface area (Å²) in [4.78, 5) is 13.5. The molecule has 0 aromatic carbocycles. The van der Waals surface area contributed by atoms with Crippen molar-refractivity contribution >= 4 is 16.4 Å². The molecule has 2 atom stereocenters. The summed E-state index contributed by atoms with van der Waals surface area (Å²) in [7, 11) is -3.32. The van der Waals surface area contributed by atoms with Gasteiger partial charge >= 0.3 is 35.6 Å².